The number of nitrogens with one attached hydrogen (secondary N) is 4. The standard InChI is InChI=1S/C63H56N8O14/c1-36-54(48-12-6-10-28-68(48)56(36)58(77)40-18-24-46-44(30-40)60(79)70(32-52(74)75)62(81)66-46)38-14-20-42(21-15-38)84-34-50(72)64-26-8-4-5-9-27-65-51(73)35-85-43-22-16-39(17-23-43)55-37(2)57(69-29-11-7-13-49(55)69)59(78)41-19-25-47-45(31-41)61(80)71(63(82)67-47)33-53(76)83-3/h6-7,10-25,28-31H,4-5,8-9,26-27,32-35H2,1-3H3,(H,64,72)(H,65,73)(H,66,81)(H,67,82)(H,74,75). The third-order valence-electron chi connectivity index (χ3n) is 14.7. The zero-order valence-corrected chi connectivity index (χ0v) is 46.3. The fraction of sp³-hybridized carbons (Fsp3) is 0.206. The number of H-pyrrole nitrogens is 2. The lowest BCUT2D eigenvalue weighted by Crippen LogP contribution is -2.37. The van der Waals surface area contributed by atoms with Gasteiger partial charge in [-0.2, -0.15) is 0 Å². The number of nitrogens with zero attached hydrogens (tertiary/aromatic N) is 4. The first-order valence-electron chi connectivity index (χ1n) is 27.1. The number of hydrogen-bond acceptors (Lipinski definition) is 13. The van der Waals surface area contributed by atoms with Gasteiger partial charge in [0, 0.05) is 47.7 Å². The molecule has 5 N–H and O–H groups in total. The topological polar surface area (TPSA) is 293 Å². The van der Waals surface area contributed by atoms with E-state index in [9.17, 15) is 53.1 Å². The van der Waals surface area contributed by atoms with Crippen molar-refractivity contribution in [3.63, 3.8) is 0 Å². The molecule has 0 radical (unpaired) electrons. The van der Waals surface area contributed by atoms with Crippen LogP contribution >= 0.6 is 0 Å². The van der Waals surface area contributed by atoms with Crippen LogP contribution in [0.25, 0.3) is 55.1 Å². The fourth-order valence-corrected chi connectivity index (χ4v) is 10.5. The Kier molecular flexibility index (Phi) is 16.6. The van der Waals surface area contributed by atoms with Gasteiger partial charge in [0.25, 0.3) is 22.9 Å². The van der Waals surface area contributed by atoms with Crippen molar-refractivity contribution in [3.05, 3.63) is 209 Å². The number of esters is 1. The van der Waals surface area contributed by atoms with Crippen LogP contribution in [0.4, 0.5) is 0 Å². The summed E-state index contributed by atoms with van der Waals surface area (Å²) in [4.78, 5) is 134. The summed E-state index contributed by atoms with van der Waals surface area (Å²) in [6.07, 6.45) is 6.64. The Labute approximate surface area is 481 Å². The Morgan fingerprint density at radius 3 is 1.36 bits per heavy atom. The molecular formula is C63H56N8O14. The minimum atomic E-state index is -1.36. The molecule has 432 valence electrons. The minimum Gasteiger partial charge on any atom is -0.484 e. The number of methoxy groups -OCH3 is 1. The first-order valence-corrected chi connectivity index (χ1v) is 27.1. The molecule has 0 aliphatic rings. The van der Waals surface area contributed by atoms with Gasteiger partial charge in [-0.05, 0) is 134 Å². The van der Waals surface area contributed by atoms with Crippen molar-refractivity contribution >= 4 is 68.2 Å². The van der Waals surface area contributed by atoms with E-state index in [1.807, 2.05) is 62.4 Å². The lowest BCUT2D eigenvalue weighted by molar-refractivity contribution is -0.141. The van der Waals surface area contributed by atoms with Crippen LogP contribution in [0.15, 0.2) is 153 Å². The van der Waals surface area contributed by atoms with E-state index in [4.69, 9.17) is 9.47 Å². The number of fused-ring (bicyclic) bond motifs is 4. The second-order valence-corrected chi connectivity index (χ2v) is 20.1. The molecule has 0 saturated carbocycles. The third kappa shape index (κ3) is 11.9. The zero-order valence-electron chi connectivity index (χ0n) is 46.3. The molecule has 4 aromatic carbocycles. The van der Waals surface area contributed by atoms with E-state index in [2.05, 4.69) is 25.3 Å². The Hall–Kier alpha value is -10.9. The number of carboxylic acids is 1. The van der Waals surface area contributed by atoms with Crippen molar-refractivity contribution in [2.75, 3.05) is 33.4 Å². The number of ether oxygens (including phenoxy) is 3. The predicted octanol–water partition coefficient (Wildman–Crippen LogP) is 6.12. The lowest BCUT2D eigenvalue weighted by Gasteiger charge is -2.10. The SMILES string of the molecule is COC(=O)Cn1c(=O)[nH]c2ccc(C(=O)c3c(C)c(-c4ccc(OCC(=O)NCCCCCCNC(=O)COc5ccc(-c6c(C)c(C(=O)c7ccc8[nH]c(=O)n(CC(=O)O)c(=O)c8c7)n7ccccc67)cc5)cc4)c4ccccn34)cc2c1=O. The van der Waals surface area contributed by atoms with E-state index in [0.717, 1.165) is 70.6 Å². The average Bonchev–Trinajstić information content (AvgIpc) is 1.89. The maximum atomic E-state index is 14.3. The first kappa shape index (κ1) is 57.3. The van der Waals surface area contributed by atoms with Crippen molar-refractivity contribution in [1.29, 1.82) is 0 Å². The van der Waals surface area contributed by atoms with Crippen molar-refractivity contribution < 1.29 is 48.1 Å². The van der Waals surface area contributed by atoms with Gasteiger partial charge in [-0.1, -0.05) is 49.2 Å². The number of aliphatic carboxylic acids is 1. The highest BCUT2D eigenvalue weighted by molar-refractivity contribution is 6.14. The molecule has 0 aliphatic heterocycles. The number of aromatic amines is 2. The highest BCUT2D eigenvalue weighted by Gasteiger charge is 2.26. The summed E-state index contributed by atoms with van der Waals surface area (Å²) >= 11 is 0. The van der Waals surface area contributed by atoms with Gasteiger partial charge >= 0.3 is 23.3 Å². The van der Waals surface area contributed by atoms with Crippen LogP contribution in [0.2, 0.25) is 0 Å². The number of amides is 2. The number of aromatic nitrogens is 6. The molecule has 0 bridgehead atoms. The summed E-state index contributed by atoms with van der Waals surface area (Å²) in [5, 5.41) is 15.0. The van der Waals surface area contributed by atoms with Gasteiger partial charge in [0.2, 0.25) is 11.6 Å². The van der Waals surface area contributed by atoms with E-state index in [-0.39, 0.29) is 63.7 Å². The number of carbonyl (C=O) groups excluding carboxylic acids is 5. The minimum absolute atomic E-state index is 0.00484. The number of carboxylic acid groups (broad SMARTS) is 1. The van der Waals surface area contributed by atoms with Gasteiger partial charge in [-0.15, -0.1) is 0 Å². The summed E-state index contributed by atoms with van der Waals surface area (Å²) < 4.78 is 21.1. The molecule has 0 unspecified atom stereocenters. The van der Waals surface area contributed by atoms with E-state index in [1.165, 1.54) is 36.4 Å². The van der Waals surface area contributed by atoms with Gasteiger partial charge in [0.15, 0.2) is 13.2 Å². The van der Waals surface area contributed by atoms with E-state index in [0.29, 0.717) is 51.7 Å². The molecule has 0 spiro atoms. The van der Waals surface area contributed by atoms with Gasteiger partial charge < -0.3 is 48.7 Å². The van der Waals surface area contributed by atoms with E-state index < -0.39 is 53.3 Å². The number of benzene rings is 4. The summed E-state index contributed by atoms with van der Waals surface area (Å²) in [6, 6.07) is 34.2. The molecule has 0 atom stereocenters. The van der Waals surface area contributed by atoms with Crippen molar-refractivity contribution in [1.82, 2.24) is 38.5 Å². The number of unbranched alkanes of at least 4 members (excludes halogenated alkanes) is 3. The molecular weight excluding hydrogens is 1090 g/mol. The second-order valence-electron chi connectivity index (χ2n) is 20.1. The average molecular weight is 1150 g/mol. The molecule has 6 aromatic heterocycles. The molecule has 22 nitrogen and oxygen atoms in total. The van der Waals surface area contributed by atoms with E-state index >= 15 is 0 Å². The lowest BCUT2D eigenvalue weighted by atomic mass is 9.98. The highest BCUT2D eigenvalue weighted by atomic mass is 16.5. The number of hydrogen-bond donors (Lipinski definition) is 5. The molecule has 10 rings (SSSR count). The maximum Gasteiger partial charge on any atom is 0.329 e. The number of carbonyl (C=O) groups is 6. The molecule has 6 heterocycles. The summed E-state index contributed by atoms with van der Waals surface area (Å²) in [5.74, 6) is -2.52. The molecule has 0 fully saturated rings. The zero-order chi connectivity index (χ0) is 60.1. The number of ketones is 2. The fourth-order valence-electron chi connectivity index (χ4n) is 10.5. The summed E-state index contributed by atoms with van der Waals surface area (Å²) in [5.41, 5.74) is 4.28. The molecule has 0 saturated heterocycles. The summed E-state index contributed by atoms with van der Waals surface area (Å²) in [6.45, 7) is 2.75. The van der Waals surface area contributed by atoms with Crippen LogP contribution in [-0.4, -0.2) is 102 Å². The predicted molar refractivity (Wildman–Crippen MR) is 315 cm³/mol. The van der Waals surface area contributed by atoms with Crippen molar-refractivity contribution in [2.24, 2.45) is 0 Å². The second kappa shape index (κ2) is 24.7. The molecule has 85 heavy (non-hydrogen) atoms. The first-order chi connectivity index (χ1) is 41.0. The Morgan fingerprint density at radius 1 is 0.529 bits per heavy atom. The van der Waals surface area contributed by atoms with E-state index in [1.54, 1.807) is 57.6 Å². The smallest absolute Gasteiger partial charge is 0.329 e. The quantitative estimate of drug-likeness (QED) is 0.0274. The van der Waals surface area contributed by atoms with Crippen LogP contribution in [0.1, 0.15) is 68.9 Å². The molecule has 0 aliphatic carbocycles. The van der Waals surface area contributed by atoms with Crippen LogP contribution < -0.4 is 42.6 Å². The largest absolute Gasteiger partial charge is 0.484 e. The van der Waals surface area contributed by atoms with Crippen LogP contribution in [0.5, 0.6) is 11.5 Å². The normalized spacial score (nSPS) is 11.3. The summed E-state index contributed by atoms with van der Waals surface area (Å²) in [7, 11) is 1.15. The Bertz CT molecular complexity index is 4560. The van der Waals surface area contributed by atoms with Crippen molar-refractivity contribution in [2.45, 2.75) is 52.6 Å². The monoisotopic (exact) mass is 1150 g/mol. The molecule has 22 heteroatoms. The Morgan fingerprint density at radius 2 is 0.953 bits per heavy atom. The van der Waals surface area contributed by atoms with Crippen molar-refractivity contribution in [3.8, 4) is 33.8 Å². The number of rotatable bonds is 23. The highest BCUT2D eigenvalue weighted by Crippen LogP contribution is 2.37. The van der Waals surface area contributed by atoms with Gasteiger partial charge in [-0.25, -0.2) is 18.7 Å². The van der Waals surface area contributed by atoms with Gasteiger partial charge in [-0.3, -0.25) is 38.4 Å². The van der Waals surface area contributed by atoms with Gasteiger partial charge in [0.1, 0.15) is 24.6 Å². The van der Waals surface area contributed by atoms with Crippen LogP contribution in [0, 0.1) is 13.8 Å². The van der Waals surface area contributed by atoms with Crippen LogP contribution in [-0.2, 0) is 37.0 Å². The maximum absolute atomic E-state index is 14.3. The molecule has 10 aromatic rings. The molecule has 2 amide bonds. The third-order valence-corrected chi connectivity index (χ3v) is 14.7. The Balaban J connectivity index is 0.658. The number of pyridine rings is 2. The van der Waals surface area contributed by atoms with Gasteiger partial charge in [0.05, 0.1) is 51.3 Å². The van der Waals surface area contributed by atoms with Crippen LogP contribution in [0.3, 0.4) is 0 Å².